The van der Waals surface area contributed by atoms with E-state index in [1.807, 2.05) is 13.8 Å². The van der Waals surface area contributed by atoms with Gasteiger partial charge in [-0.15, -0.1) is 0 Å². The number of hydrogen-bond donors (Lipinski definition) is 1. The van der Waals surface area contributed by atoms with E-state index < -0.39 is 6.10 Å². The van der Waals surface area contributed by atoms with Crippen LogP contribution in [-0.2, 0) is 9.53 Å². The maximum atomic E-state index is 11.3. The van der Waals surface area contributed by atoms with Crippen molar-refractivity contribution in [3.8, 4) is 0 Å². The maximum absolute atomic E-state index is 11.3. The first-order chi connectivity index (χ1) is 6.07. The van der Waals surface area contributed by atoms with Crippen LogP contribution >= 0.6 is 0 Å². The van der Waals surface area contributed by atoms with Crippen molar-refractivity contribution in [2.45, 2.75) is 43.7 Å². The zero-order valence-electron chi connectivity index (χ0n) is 7.90. The zero-order chi connectivity index (χ0) is 10.0. The molecule has 1 N–H and O–H groups in total. The van der Waals surface area contributed by atoms with E-state index in [4.69, 9.17) is 4.74 Å². The van der Waals surface area contributed by atoms with E-state index in [0.717, 1.165) is 6.42 Å². The van der Waals surface area contributed by atoms with Crippen LogP contribution in [-0.4, -0.2) is 39.3 Å². The second-order valence-electron chi connectivity index (χ2n) is 3.49. The zero-order valence-corrected chi connectivity index (χ0v) is 9.61. The molecule has 1 aliphatic rings. The van der Waals surface area contributed by atoms with E-state index in [2.05, 4.69) is 16.0 Å². The summed E-state index contributed by atoms with van der Waals surface area (Å²) >= 11 is 2.90. The topological polar surface area (TPSA) is 46.5 Å². The molecule has 4 atom stereocenters. The summed E-state index contributed by atoms with van der Waals surface area (Å²) in [4.78, 5) is 11.3. The SMILES string of the molecule is CCCC(O)C1C(=O)OC(C)C1[Se]. The van der Waals surface area contributed by atoms with Crippen LogP contribution in [0, 0.1) is 5.92 Å². The molecule has 1 radical (unpaired) electrons. The molecule has 0 aliphatic carbocycles. The van der Waals surface area contributed by atoms with Gasteiger partial charge in [0.1, 0.15) is 0 Å². The minimum atomic E-state index is -0.561. The van der Waals surface area contributed by atoms with E-state index in [9.17, 15) is 9.90 Å². The van der Waals surface area contributed by atoms with E-state index in [1.165, 1.54) is 0 Å². The summed E-state index contributed by atoms with van der Waals surface area (Å²) in [6, 6.07) is 0. The van der Waals surface area contributed by atoms with Gasteiger partial charge in [0, 0.05) is 0 Å². The molecule has 75 valence electrons. The average molecular weight is 250 g/mol. The Morgan fingerprint density at radius 3 is 2.69 bits per heavy atom. The Hall–Kier alpha value is -0.0505. The molecule has 0 aromatic rings. The molecule has 1 heterocycles. The molecular formula is C9H15O3Se. The number of aliphatic hydroxyl groups excluding tert-OH is 1. The Morgan fingerprint density at radius 1 is 1.69 bits per heavy atom. The van der Waals surface area contributed by atoms with Gasteiger partial charge < -0.3 is 0 Å². The van der Waals surface area contributed by atoms with Gasteiger partial charge in [-0.2, -0.15) is 0 Å². The van der Waals surface area contributed by atoms with Gasteiger partial charge in [0.25, 0.3) is 0 Å². The van der Waals surface area contributed by atoms with Crippen LogP contribution in [0.4, 0.5) is 0 Å². The molecule has 0 bridgehead atoms. The van der Waals surface area contributed by atoms with Crippen LogP contribution in [0.15, 0.2) is 0 Å². The van der Waals surface area contributed by atoms with E-state index in [1.54, 1.807) is 0 Å². The molecule has 1 fully saturated rings. The molecule has 4 heteroatoms. The summed E-state index contributed by atoms with van der Waals surface area (Å²) in [6.45, 7) is 3.83. The van der Waals surface area contributed by atoms with Crippen LogP contribution in [0.5, 0.6) is 0 Å². The number of cyclic esters (lactones) is 1. The number of hydrogen-bond acceptors (Lipinski definition) is 3. The molecular weight excluding hydrogens is 235 g/mol. The van der Waals surface area contributed by atoms with Gasteiger partial charge in [-0.25, -0.2) is 0 Å². The molecule has 1 rings (SSSR count). The van der Waals surface area contributed by atoms with Crippen molar-refractivity contribution in [2.75, 3.05) is 0 Å². The van der Waals surface area contributed by atoms with E-state index in [-0.39, 0.29) is 22.8 Å². The van der Waals surface area contributed by atoms with Crippen LogP contribution in [0.25, 0.3) is 0 Å². The first-order valence-electron chi connectivity index (χ1n) is 4.62. The van der Waals surface area contributed by atoms with Gasteiger partial charge in [0.05, 0.1) is 0 Å². The first kappa shape index (κ1) is 11.0. The van der Waals surface area contributed by atoms with Gasteiger partial charge in [0.15, 0.2) is 0 Å². The first-order valence-corrected chi connectivity index (χ1v) is 5.61. The molecule has 0 spiro atoms. The molecule has 1 saturated heterocycles. The number of carbonyl (C=O) groups excluding carboxylic acids is 1. The summed E-state index contributed by atoms with van der Waals surface area (Å²) in [5.74, 6) is -0.632. The van der Waals surface area contributed by atoms with Gasteiger partial charge in [-0.3, -0.25) is 0 Å². The fraction of sp³-hybridized carbons (Fsp3) is 0.889. The second-order valence-corrected chi connectivity index (χ2v) is 4.63. The van der Waals surface area contributed by atoms with Crippen molar-refractivity contribution in [3.05, 3.63) is 0 Å². The standard InChI is InChI=1S/C9H15O3Se/c1-3-4-6(10)7-8(13)5(2)12-9(7)11/h5-8,10H,3-4H2,1-2H3. The van der Waals surface area contributed by atoms with Gasteiger partial charge in [-0.05, 0) is 0 Å². The Morgan fingerprint density at radius 2 is 2.31 bits per heavy atom. The third-order valence-corrected chi connectivity index (χ3v) is 3.81. The Kier molecular flexibility index (Phi) is 3.77. The fourth-order valence-electron chi connectivity index (χ4n) is 1.61. The number of carbonyl (C=O) groups is 1. The molecule has 0 saturated carbocycles. The van der Waals surface area contributed by atoms with Crippen molar-refractivity contribution >= 4 is 22.0 Å². The number of esters is 1. The Bertz CT molecular complexity index is 195. The van der Waals surface area contributed by atoms with E-state index >= 15 is 0 Å². The summed E-state index contributed by atoms with van der Waals surface area (Å²) in [5, 5.41) is 9.69. The summed E-state index contributed by atoms with van der Waals surface area (Å²) in [6.07, 6.45) is 0.870. The Balaban J connectivity index is 2.62. The van der Waals surface area contributed by atoms with Gasteiger partial charge in [-0.1, -0.05) is 0 Å². The summed E-state index contributed by atoms with van der Waals surface area (Å²) < 4.78 is 5.02. The van der Waals surface area contributed by atoms with Crippen molar-refractivity contribution in [2.24, 2.45) is 5.92 Å². The van der Waals surface area contributed by atoms with E-state index in [0.29, 0.717) is 6.42 Å². The molecule has 0 amide bonds. The number of ether oxygens (including phenoxy) is 1. The fourth-order valence-corrected chi connectivity index (χ4v) is 2.34. The van der Waals surface area contributed by atoms with Crippen LogP contribution < -0.4 is 0 Å². The van der Waals surface area contributed by atoms with Crippen LogP contribution in [0.2, 0.25) is 4.82 Å². The quantitative estimate of drug-likeness (QED) is 0.591. The summed E-state index contributed by atoms with van der Waals surface area (Å²) in [5.41, 5.74) is 0. The van der Waals surface area contributed by atoms with Crippen LogP contribution in [0.3, 0.4) is 0 Å². The molecule has 4 unspecified atom stereocenters. The Labute approximate surface area is 86.7 Å². The molecule has 1 aliphatic heterocycles. The van der Waals surface area contributed by atoms with Crippen molar-refractivity contribution in [3.63, 3.8) is 0 Å². The number of rotatable bonds is 3. The molecule has 3 nitrogen and oxygen atoms in total. The normalized spacial score (nSPS) is 36.0. The van der Waals surface area contributed by atoms with Crippen molar-refractivity contribution in [1.29, 1.82) is 0 Å². The monoisotopic (exact) mass is 251 g/mol. The van der Waals surface area contributed by atoms with Crippen LogP contribution in [0.1, 0.15) is 26.7 Å². The predicted molar refractivity (Wildman–Crippen MR) is 49.5 cm³/mol. The second kappa shape index (κ2) is 4.45. The van der Waals surface area contributed by atoms with Crippen molar-refractivity contribution in [1.82, 2.24) is 0 Å². The minimum absolute atomic E-state index is 0.00838. The molecule has 13 heavy (non-hydrogen) atoms. The third kappa shape index (κ3) is 2.25. The summed E-state index contributed by atoms with van der Waals surface area (Å²) in [7, 11) is 0. The predicted octanol–water partition coefficient (Wildman–Crippen LogP) is 0.666. The molecule has 0 aromatic carbocycles. The molecule has 0 aromatic heterocycles. The number of aliphatic hydroxyl groups is 1. The van der Waals surface area contributed by atoms with Gasteiger partial charge >= 0.3 is 86.3 Å². The average Bonchev–Trinajstić information content (AvgIpc) is 2.27. The van der Waals surface area contributed by atoms with Gasteiger partial charge in [0.2, 0.25) is 0 Å². The third-order valence-electron chi connectivity index (χ3n) is 2.39. The van der Waals surface area contributed by atoms with Crippen molar-refractivity contribution < 1.29 is 14.6 Å².